The summed E-state index contributed by atoms with van der Waals surface area (Å²) < 4.78 is 6.81. The van der Waals surface area contributed by atoms with Crippen molar-refractivity contribution in [1.82, 2.24) is 0 Å². The molecule has 4 saturated carbocycles. The molecule has 2 atom stereocenters. The van der Waals surface area contributed by atoms with E-state index >= 15 is 0 Å². The highest BCUT2D eigenvalue weighted by Crippen LogP contribution is 2.62. The fourth-order valence-electron chi connectivity index (χ4n) is 5.74. The van der Waals surface area contributed by atoms with Crippen molar-refractivity contribution < 1.29 is 4.74 Å². The van der Waals surface area contributed by atoms with E-state index in [4.69, 9.17) is 10.5 Å². The van der Waals surface area contributed by atoms with E-state index in [2.05, 4.69) is 34.1 Å². The number of halogens is 1. The molecule has 1 aromatic carbocycles. The van der Waals surface area contributed by atoms with Gasteiger partial charge in [0.15, 0.2) is 0 Å². The van der Waals surface area contributed by atoms with Crippen LogP contribution >= 0.6 is 15.9 Å². The first-order valence-electron chi connectivity index (χ1n) is 7.65. The molecule has 1 aromatic rings. The summed E-state index contributed by atoms with van der Waals surface area (Å²) in [7, 11) is 1.78. The van der Waals surface area contributed by atoms with Crippen molar-refractivity contribution in [3.63, 3.8) is 0 Å². The summed E-state index contributed by atoms with van der Waals surface area (Å²) in [5, 5.41) is 0. The molecule has 20 heavy (non-hydrogen) atoms. The molecule has 4 bridgehead atoms. The lowest BCUT2D eigenvalue weighted by molar-refractivity contribution is -0.0235. The van der Waals surface area contributed by atoms with Crippen molar-refractivity contribution in [3.05, 3.63) is 28.2 Å². The lowest BCUT2D eigenvalue weighted by Crippen LogP contribution is -2.61. The van der Waals surface area contributed by atoms with Gasteiger partial charge in [-0.3, -0.25) is 0 Å². The van der Waals surface area contributed by atoms with Crippen LogP contribution in [0.3, 0.4) is 0 Å². The minimum Gasteiger partial charge on any atom is -0.496 e. The second kappa shape index (κ2) is 4.23. The largest absolute Gasteiger partial charge is 0.496 e. The van der Waals surface area contributed by atoms with Gasteiger partial charge in [-0.1, -0.05) is 15.9 Å². The van der Waals surface area contributed by atoms with Crippen LogP contribution in [0.5, 0.6) is 5.75 Å². The Labute approximate surface area is 129 Å². The first-order valence-corrected chi connectivity index (χ1v) is 8.44. The number of methoxy groups -OCH3 is 1. The molecule has 0 amide bonds. The molecule has 0 saturated heterocycles. The maximum Gasteiger partial charge on any atom is 0.122 e. The Bertz CT molecular complexity index is 542. The lowest BCUT2D eigenvalue weighted by atomic mass is 9.45. The lowest BCUT2D eigenvalue weighted by Gasteiger charge is -2.61. The second-order valence-electron chi connectivity index (χ2n) is 7.45. The fraction of sp³-hybridized carbons (Fsp3) is 0.647. The molecule has 4 aliphatic carbocycles. The minimum atomic E-state index is 0.0808. The highest BCUT2D eigenvalue weighted by Gasteiger charge is 2.57. The monoisotopic (exact) mass is 335 g/mol. The third kappa shape index (κ3) is 1.86. The molecule has 0 aromatic heterocycles. The van der Waals surface area contributed by atoms with Crippen molar-refractivity contribution in [1.29, 1.82) is 0 Å². The smallest absolute Gasteiger partial charge is 0.122 e. The van der Waals surface area contributed by atoms with Crippen LogP contribution < -0.4 is 10.5 Å². The Hall–Kier alpha value is -0.540. The maximum absolute atomic E-state index is 6.72. The molecule has 2 nitrogen and oxygen atoms in total. The summed E-state index contributed by atoms with van der Waals surface area (Å²) in [6.45, 7) is 0. The number of hydrogen-bond donors (Lipinski definition) is 1. The standard InChI is InChI=1S/C17H22BrNO/c1-20-15-3-2-13(18)5-14(15)16-6-11-4-12(7-16)9-17(19,8-11)10-16/h2-3,5,11-12H,4,6-10,19H2,1H3. The molecule has 108 valence electrons. The fourth-order valence-corrected chi connectivity index (χ4v) is 6.10. The summed E-state index contributed by atoms with van der Waals surface area (Å²) in [5.74, 6) is 2.69. The van der Waals surface area contributed by atoms with Gasteiger partial charge in [0.05, 0.1) is 7.11 Å². The van der Waals surface area contributed by atoms with Crippen molar-refractivity contribution in [3.8, 4) is 5.75 Å². The maximum atomic E-state index is 6.72. The Kier molecular flexibility index (Phi) is 2.78. The molecular formula is C17H22BrNO. The quantitative estimate of drug-likeness (QED) is 0.886. The highest BCUT2D eigenvalue weighted by molar-refractivity contribution is 9.10. The average Bonchev–Trinajstić information content (AvgIpc) is 2.35. The first kappa shape index (κ1) is 13.1. The predicted octanol–water partition coefficient (Wildman–Crippen LogP) is 4.01. The van der Waals surface area contributed by atoms with E-state index in [0.717, 1.165) is 28.5 Å². The molecule has 2 N–H and O–H groups in total. The van der Waals surface area contributed by atoms with E-state index in [-0.39, 0.29) is 11.0 Å². The molecule has 0 radical (unpaired) electrons. The SMILES string of the molecule is COc1ccc(Br)cc1C12CC3CC(CC(N)(C3)C1)C2. The zero-order valence-corrected chi connectivity index (χ0v) is 13.6. The third-order valence-corrected chi connectivity index (χ3v) is 6.33. The van der Waals surface area contributed by atoms with Crippen molar-refractivity contribution in [2.75, 3.05) is 7.11 Å². The van der Waals surface area contributed by atoms with Gasteiger partial charge in [-0.2, -0.15) is 0 Å². The Morgan fingerprint density at radius 3 is 2.50 bits per heavy atom. The molecule has 0 heterocycles. The molecule has 5 rings (SSSR count). The topological polar surface area (TPSA) is 35.2 Å². The summed E-state index contributed by atoms with van der Waals surface area (Å²) in [5.41, 5.74) is 8.45. The van der Waals surface area contributed by atoms with Gasteiger partial charge in [-0.05, 0) is 68.6 Å². The van der Waals surface area contributed by atoms with E-state index in [1.807, 2.05) is 0 Å². The third-order valence-electron chi connectivity index (χ3n) is 5.84. The first-order chi connectivity index (χ1) is 9.52. The average molecular weight is 336 g/mol. The van der Waals surface area contributed by atoms with E-state index < -0.39 is 0 Å². The van der Waals surface area contributed by atoms with Gasteiger partial charge >= 0.3 is 0 Å². The number of benzene rings is 1. The Morgan fingerprint density at radius 2 is 1.90 bits per heavy atom. The van der Waals surface area contributed by atoms with Crippen LogP contribution in [0.1, 0.15) is 44.1 Å². The van der Waals surface area contributed by atoms with Crippen LogP contribution in [-0.2, 0) is 5.41 Å². The Morgan fingerprint density at radius 1 is 1.20 bits per heavy atom. The van der Waals surface area contributed by atoms with Gasteiger partial charge < -0.3 is 10.5 Å². The summed E-state index contributed by atoms with van der Waals surface area (Å²) in [6.07, 6.45) is 7.62. The van der Waals surface area contributed by atoms with Crippen LogP contribution in [0.2, 0.25) is 0 Å². The predicted molar refractivity (Wildman–Crippen MR) is 84.0 cm³/mol. The van der Waals surface area contributed by atoms with Gasteiger partial charge in [-0.25, -0.2) is 0 Å². The van der Waals surface area contributed by atoms with Crippen LogP contribution in [-0.4, -0.2) is 12.6 Å². The van der Waals surface area contributed by atoms with Crippen molar-refractivity contribution in [2.45, 2.75) is 49.5 Å². The molecule has 4 fully saturated rings. The summed E-state index contributed by atoms with van der Waals surface area (Å²) in [4.78, 5) is 0. The van der Waals surface area contributed by atoms with Gasteiger partial charge in [0, 0.05) is 21.0 Å². The summed E-state index contributed by atoms with van der Waals surface area (Å²) >= 11 is 3.63. The molecule has 4 aliphatic rings. The molecule has 0 spiro atoms. The van der Waals surface area contributed by atoms with Gasteiger partial charge in [0.1, 0.15) is 5.75 Å². The molecule has 0 aliphatic heterocycles. The molecular weight excluding hydrogens is 314 g/mol. The molecule has 2 unspecified atom stereocenters. The van der Waals surface area contributed by atoms with Gasteiger partial charge in [0.2, 0.25) is 0 Å². The van der Waals surface area contributed by atoms with E-state index in [0.29, 0.717) is 0 Å². The van der Waals surface area contributed by atoms with E-state index in [9.17, 15) is 0 Å². The van der Waals surface area contributed by atoms with Crippen LogP contribution in [0.25, 0.3) is 0 Å². The molecule has 3 heteroatoms. The normalized spacial score (nSPS) is 42.0. The van der Waals surface area contributed by atoms with Crippen LogP contribution in [0.4, 0.5) is 0 Å². The highest BCUT2D eigenvalue weighted by atomic mass is 79.9. The van der Waals surface area contributed by atoms with E-state index in [1.54, 1.807) is 7.11 Å². The zero-order valence-electron chi connectivity index (χ0n) is 12.0. The number of hydrogen-bond acceptors (Lipinski definition) is 2. The second-order valence-corrected chi connectivity index (χ2v) is 8.36. The summed E-state index contributed by atoms with van der Waals surface area (Å²) in [6, 6.07) is 6.44. The number of ether oxygens (including phenoxy) is 1. The zero-order chi connectivity index (χ0) is 14.0. The minimum absolute atomic E-state index is 0.0808. The van der Waals surface area contributed by atoms with Crippen molar-refractivity contribution >= 4 is 15.9 Å². The Balaban J connectivity index is 1.83. The van der Waals surface area contributed by atoms with E-state index in [1.165, 1.54) is 37.7 Å². The number of nitrogens with two attached hydrogens (primary N) is 1. The van der Waals surface area contributed by atoms with Gasteiger partial charge in [0.25, 0.3) is 0 Å². The van der Waals surface area contributed by atoms with Gasteiger partial charge in [-0.15, -0.1) is 0 Å². The van der Waals surface area contributed by atoms with Crippen LogP contribution in [0.15, 0.2) is 22.7 Å². The number of rotatable bonds is 2. The van der Waals surface area contributed by atoms with Crippen molar-refractivity contribution in [2.24, 2.45) is 17.6 Å². The van der Waals surface area contributed by atoms with Crippen LogP contribution in [0, 0.1) is 11.8 Å².